The van der Waals surface area contributed by atoms with E-state index in [1.165, 1.54) is 13.2 Å². The van der Waals surface area contributed by atoms with Crippen LogP contribution in [0.4, 0.5) is 8.78 Å². The van der Waals surface area contributed by atoms with E-state index in [1.807, 2.05) is 5.32 Å². The molecule has 1 rings (SSSR count). The van der Waals surface area contributed by atoms with Crippen LogP contribution in [-0.2, 0) is 11.3 Å². The van der Waals surface area contributed by atoms with Crippen LogP contribution in [-0.4, -0.2) is 32.0 Å². The fraction of sp³-hybridized carbons (Fsp3) is 0.500. The zero-order valence-electron chi connectivity index (χ0n) is 9.74. The Balaban J connectivity index is 0.00000289. The Morgan fingerprint density at radius 3 is 2.78 bits per heavy atom. The molecule has 0 atom stereocenters. The van der Waals surface area contributed by atoms with Gasteiger partial charge in [-0.3, -0.25) is 4.79 Å². The van der Waals surface area contributed by atoms with Gasteiger partial charge in [-0.05, 0) is 12.1 Å². The molecule has 1 heterocycles. The fourth-order valence-electron chi connectivity index (χ4n) is 1.09. The molecule has 5 nitrogen and oxygen atoms in total. The Morgan fingerprint density at radius 1 is 1.56 bits per heavy atom. The van der Waals surface area contributed by atoms with E-state index in [4.69, 9.17) is 14.9 Å². The monoisotopic (exact) mass is 284 g/mol. The van der Waals surface area contributed by atoms with Crippen molar-refractivity contribution < 1.29 is 22.7 Å². The van der Waals surface area contributed by atoms with Crippen molar-refractivity contribution in [3.05, 3.63) is 23.7 Å². The largest absolute Gasteiger partial charge is 0.453 e. The number of amides is 1. The lowest BCUT2D eigenvalue weighted by atomic mass is 10.3. The average molecular weight is 285 g/mol. The van der Waals surface area contributed by atoms with Gasteiger partial charge in [0.05, 0.1) is 13.1 Å². The lowest BCUT2D eigenvalue weighted by Crippen LogP contribution is -2.41. The molecule has 1 amide bonds. The summed E-state index contributed by atoms with van der Waals surface area (Å²) in [5.41, 5.74) is 4.83. The van der Waals surface area contributed by atoms with E-state index < -0.39 is 24.9 Å². The van der Waals surface area contributed by atoms with Crippen LogP contribution in [0, 0.1) is 0 Å². The number of nitrogens with one attached hydrogen (secondary N) is 1. The third kappa shape index (κ3) is 4.99. The van der Waals surface area contributed by atoms with E-state index in [1.54, 1.807) is 6.07 Å². The Morgan fingerprint density at radius 2 is 2.22 bits per heavy atom. The minimum atomic E-state index is -3.11. The lowest BCUT2D eigenvalue weighted by Gasteiger charge is -2.13. The van der Waals surface area contributed by atoms with Gasteiger partial charge in [-0.25, -0.2) is 8.78 Å². The normalized spacial score (nSPS) is 10.9. The van der Waals surface area contributed by atoms with Gasteiger partial charge in [-0.2, -0.15) is 0 Å². The quantitative estimate of drug-likeness (QED) is 0.822. The van der Waals surface area contributed by atoms with Crippen molar-refractivity contribution in [1.82, 2.24) is 5.32 Å². The number of alkyl halides is 2. The summed E-state index contributed by atoms with van der Waals surface area (Å²) in [5.74, 6) is -3.41. The first-order valence-electron chi connectivity index (χ1n) is 4.92. The number of furan rings is 1. The molecule has 0 aliphatic carbocycles. The van der Waals surface area contributed by atoms with Crippen LogP contribution in [0.15, 0.2) is 16.5 Å². The Kier molecular flexibility index (Phi) is 6.82. The minimum Gasteiger partial charge on any atom is -0.453 e. The summed E-state index contributed by atoms with van der Waals surface area (Å²) in [5, 5.41) is 2.04. The number of hydrogen-bond acceptors (Lipinski definition) is 4. The second-order valence-corrected chi connectivity index (χ2v) is 3.44. The summed E-state index contributed by atoms with van der Waals surface area (Å²) in [7, 11) is 1.48. The van der Waals surface area contributed by atoms with Crippen LogP contribution in [0.1, 0.15) is 16.3 Å². The van der Waals surface area contributed by atoms with Gasteiger partial charge < -0.3 is 20.2 Å². The predicted molar refractivity (Wildman–Crippen MR) is 63.0 cm³/mol. The molecule has 0 radical (unpaired) electrons. The Hall–Kier alpha value is -1.18. The molecule has 0 fully saturated rings. The van der Waals surface area contributed by atoms with Crippen molar-refractivity contribution in [2.24, 2.45) is 5.73 Å². The molecular weight excluding hydrogens is 270 g/mol. The molecule has 3 N–H and O–H groups in total. The van der Waals surface area contributed by atoms with Gasteiger partial charge in [0.1, 0.15) is 12.4 Å². The maximum atomic E-state index is 12.8. The molecule has 0 bridgehead atoms. The molecule has 18 heavy (non-hydrogen) atoms. The number of rotatable bonds is 6. The predicted octanol–water partition coefficient (Wildman–Crippen LogP) is 1.17. The van der Waals surface area contributed by atoms with Crippen molar-refractivity contribution >= 4 is 18.3 Å². The molecule has 8 heteroatoms. The number of carbonyl (C=O) groups is 1. The van der Waals surface area contributed by atoms with Gasteiger partial charge in [0.15, 0.2) is 5.76 Å². The van der Waals surface area contributed by atoms with Crippen molar-refractivity contribution in [3.8, 4) is 0 Å². The number of methoxy groups -OCH3 is 1. The lowest BCUT2D eigenvalue weighted by molar-refractivity contribution is 0.0115. The third-order valence-electron chi connectivity index (χ3n) is 1.98. The van der Waals surface area contributed by atoms with Crippen LogP contribution in [0.5, 0.6) is 0 Å². The molecule has 0 aromatic carbocycles. The summed E-state index contributed by atoms with van der Waals surface area (Å²) in [6.45, 7) is -1.42. The number of nitrogens with two attached hydrogens (primary N) is 1. The zero-order chi connectivity index (χ0) is 12.9. The fourth-order valence-corrected chi connectivity index (χ4v) is 1.09. The summed E-state index contributed by atoms with van der Waals surface area (Å²) >= 11 is 0. The Bertz CT molecular complexity index is 385. The van der Waals surface area contributed by atoms with Crippen LogP contribution < -0.4 is 11.1 Å². The molecule has 0 aliphatic heterocycles. The van der Waals surface area contributed by atoms with Crippen molar-refractivity contribution in [1.29, 1.82) is 0 Å². The highest BCUT2D eigenvalue weighted by Gasteiger charge is 2.27. The van der Waals surface area contributed by atoms with Gasteiger partial charge in [0, 0.05) is 7.11 Å². The first-order chi connectivity index (χ1) is 7.98. The maximum absolute atomic E-state index is 12.8. The highest BCUT2D eigenvalue weighted by molar-refractivity contribution is 5.91. The summed E-state index contributed by atoms with van der Waals surface area (Å²) < 4.78 is 35.4. The van der Waals surface area contributed by atoms with E-state index in [0.29, 0.717) is 5.76 Å². The first kappa shape index (κ1) is 16.8. The molecular formula is C10H15ClF2N2O3. The third-order valence-corrected chi connectivity index (χ3v) is 1.98. The highest BCUT2D eigenvalue weighted by atomic mass is 35.5. The molecule has 0 unspecified atom stereocenters. The summed E-state index contributed by atoms with van der Waals surface area (Å²) in [6.07, 6.45) is 0. The van der Waals surface area contributed by atoms with Gasteiger partial charge in [-0.1, -0.05) is 0 Å². The average Bonchev–Trinajstić information content (AvgIpc) is 2.75. The van der Waals surface area contributed by atoms with Crippen LogP contribution in [0.3, 0.4) is 0 Å². The molecule has 0 saturated carbocycles. The number of carbonyl (C=O) groups excluding carboxylic acids is 1. The van der Waals surface area contributed by atoms with Crippen molar-refractivity contribution in [3.63, 3.8) is 0 Å². The Labute approximate surface area is 109 Å². The molecule has 1 aromatic heterocycles. The van der Waals surface area contributed by atoms with Gasteiger partial charge in [-0.15, -0.1) is 12.4 Å². The topological polar surface area (TPSA) is 77.5 Å². The maximum Gasteiger partial charge on any atom is 0.287 e. The molecule has 0 saturated heterocycles. The summed E-state index contributed by atoms with van der Waals surface area (Å²) in [6, 6.07) is 2.93. The van der Waals surface area contributed by atoms with E-state index >= 15 is 0 Å². The van der Waals surface area contributed by atoms with Crippen molar-refractivity contribution in [2.45, 2.75) is 12.5 Å². The first-order valence-corrected chi connectivity index (χ1v) is 4.92. The molecule has 0 spiro atoms. The minimum absolute atomic E-state index is 0. The van der Waals surface area contributed by atoms with E-state index in [-0.39, 0.29) is 24.8 Å². The van der Waals surface area contributed by atoms with Crippen LogP contribution in [0.2, 0.25) is 0 Å². The molecule has 1 aromatic rings. The zero-order valence-corrected chi connectivity index (χ0v) is 10.6. The highest BCUT2D eigenvalue weighted by Crippen LogP contribution is 2.11. The SMILES string of the molecule is COCc1ccc(C(=O)NCC(F)(F)CN)o1.Cl. The summed E-state index contributed by atoms with van der Waals surface area (Å²) in [4.78, 5) is 11.4. The van der Waals surface area contributed by atoms with Gasteiger partial charge in [0.25, 0.3) is 11.8 Å². The van der Waals surface area contributed by atoms with Crippen molar-refractivity contribution in [2.75, 3.05) is 20.2 Å². The standard InChI is InChI=1S/C10H14F2N2O3.ClH/c1-16-4-7-2-3-8(17-7)9(15)14-6-10(11,12)5-13;/h2-3H,4-6,13H2,1H3,(H,14,15);1H. The second-order valence-electron chi connectivity index (χ2n) is 3.44. The molecule has 104 valence electrons. The molecule has 0 aliphatic rings. The van der Waals surface area contributed by atoms with E-state index in [9.17, 15) is 13.6 Å². The second kappa shape index (κ2) is 7.30. The van der Waals surface area contributed by atoms with Crippen LogP contribution in [0.25, 0.3) is 0 Å². The van der Waals surface area contributed by atoms with E-state index in [2.05, 4.69) is 0 Å². The number of halogens is 3. The van der Waals surface area contributed by atoms with E-state index in [0.717, 1.165) is 0 Å². The number of ether oxygens (including phenoxy) is 1. The van der Waals surface area contributed by atoms with Gasteiger partial charge in [0.2, 0.25) is 0 Å². The number of hydrogen-bond donors (Lipinski definition) is 2. The van der Waals surface area contributed by atoms with Crippen LogP contribution >= 0.6 is 12.4 Å². The smallest absolute Gasteiger partial charge is 0.287 e. The van der Waals surface area contributed by atoms with Gasteiger partial charge >= 0.3 is 0 Å².